The number of nitrogens with one attached hydrogen (secondary N) is 1. The highest BCUT2D eigenvalue weighted by Gasteiger charge is 2.01. The van der Waals surface area contributed by atoms with E-state index in [0.29, 0.717) is 0 Å². The Balaban J connectivity index is 1.63. The summed E-state index contributed by atoms with van der Waals surface area (Å²) >= 11 is 1.77. The SMILES string of the molecule is CCc1ncc(CNc2cccc(Cn3ccnc3)c2)s1. The molecule has 4 nitrogen and oxygen atoms in total. The van der Waals surface area contributed by atoms with Gasteiger partial charge in [-0.05, 0) is 24.1 Å². The van der Waals surface area contributed by atoms with Gasteiger partial charge in [-0.25, -0.2) is 9.97 Å². The van der Waals surface area contributed by atoms with Crippen molar-refractivity contribution >= 4 is 17.0 Å². The molecule has 1 N–H and O–H groups in total. The molecule has 5 heteroatoms. The van der Waals surface area contributed by atoms with Gasteiger partial charge < -0.3 is 9.88 Å². The summed E-state index contributed by atoms with van der Waals surface area (Å²) in [5.41, 5.74) is 2.40. The Bertz CT molecular complexity index is 688. The molecule has 0 bridgehead atoms. The van der Waals surface area contributed by atoms with Crippen molar-refractivity contribution in [3.63, 3.8) is 0 Å². The molecule has 0 amide bonds. The largest absolute Gasteiger partial charge is 0.380 e. The predicted molar refractivity (Wildman–Crippen MR) is 86.6 cm³/mol. The molecular weight excluding hydrogens is 280 g/mol. The number of anilines is 1. The highest BCUT2D eigenvalue weighted by molar-refractivity contribution is 7.11. The number of rotatable bonds is 6. The van der Waals surface area contributed by atoms with Crippen molar-refractivity contribution in [3.05, 3.63) is 64.6 Å². The molecule has 0 saturated heterocycles. The number of hydrogen-bond donors (Lipinski definition) is 1. The summed E-state index contributed by atoms with van der Waals surface area (Å²) in [6, 6.07) is 8.49. The Labute approximate surface area is 128 Å². The molecule has 108 valence electrons. The lowest BCUT2D eigenvalue weighted by Crippen LogP contribution is -2.00. The van der Waals surface area contributed by atoms with Crippen LogP contribution in [0, 0.1) is 0 Å². The first-order valence-electron chi connectivity index (χ1n) is 7.05. The van der Waals surface area contributed by atoms with Crippen LogP contribution in [-0.2, 0) is 19.5 Å². The molecule has 0 aliphatic heterocycles. The molecule has 0 atom stereocenters. The highest BCUT2D eigenvalue weighted by Crippen LogP contribution is 2.17. The van der Waals surface area contributed by atoms with E-state index in [1.807, 2.05) is 18.7 Å². The lowest BCUT2D eigenvalue weighted by atomic mass is 10.2. The fraction of sp³-hybridized carbons (Fsp3) is 0.250. The Hall–Kier alpha value is -2.14. The van der Waals surface area contributed by atoms with Gasteiger partial charge in [-0.15, -0.1) is 11.3 Å². The van der Waals surface area contributed by atoms with Gasteiger partial charge in [-0.3, -0.25) is 0 Å². The summed E-state index contributed by atoms with van der Waals surface area (Å²) in [6.45, 7) is 3.80. The molecule has 3 rings (SSSR count). The summed E-state index contributed by atoms with van der Waals surface area (Å²) in [5.74, 6) is 0. The number of aromatic nitrogens is 3. The Morgan fingerprint density at radius 2 is 2.29 bits per heavy atom. The van der Waals surface area contributed by atoms with E-state index >= 15 is 0 Å². The van der Waals surface area contributed by atoms with E-state index < -0.39 is 0 Å². The number of imidazole rings is 1. The molecule has 0 radical (unpaired) electrons. The van der Waals surface area contributed by atoms with Crippen molar-refractivity contribution in [3.8, 4) is 0 Å². The third-order valence-electron chi connectivity index (χ3n) is 3.22. The fourth-order valence-electron chi connectivity index (χ4n) is 2.15. The van der Waals surface area contributed by atoms with E-state index in [-0.39, 0.29) is 0 Å². The third kappa shape index (κ3) is 3.70. The van der Waals surface area contributed by atoms with Gasteiger partial charge in [0.2, 0.25) is 0 Å². The topological polar surface area (TPSA) is 42.7 Å². The van der Waals surface area contributed by atoms with Gasteiger partial charge >= 0.3 is 0 Å². The standard InChI is InChI=1S/C16H18N4S/c1-2-16-19-10-15(21-16)9-18-14-5-3-4-13(8-14)11-20-7-6-17-12-20/h3-8,10,12,18H,2,9,11H2,1H3. The van der Waals surface area contributed by atoms with Gasteiger partial charge in [0.25, 0.3) is 0 Å². The van der Waals surface area contributed by atoms with E-state index in [9.17, 15) is 0 Å². The molecule has 3 aromatic rings. The van der Waals surface area contributed by atoms with Crippen molar-refractivity contribution in [1.82, 2.24) is 14.5 Å². The zero-order chi connectivity index (χ0) is 14.5. The molecule has 0 fully saturated rings. The normalized spacial score (nSPS) is 10.7. The van der Waals surface area contributed by atoms with Gasteiger partial charge in [0.1, 0.15) is 0 Å². The first kappa shape index (κ1) is 13.8. The third-order valence-corrected chi connectivity index (χ3v) is 4.36. The van der Waals surface area contributed by atoms with E-state index in [4.69, 9.17) is 0 Å². The molecule has 21 heavy (non-hydrogen) atoms. The van der Waals surface area contributed by atoms with E-state index in [1.165, 1.54) is 15.4 Å². The van der Waals surface area contributed by atoms with Crippen LogP contribution in [0.5, 0.6) is 0 Å². The maximum Gasteiger partial charge on any atom is 0.0949 e. The second kappa shape index (κ2) is 6.54. The van der Waals surface area contributed by atoms with Gasteiger partial charge in [0.15, 0.2) is 0 Å². The molecule has 1 aromatic carbocycles. The second-order valence-electron chi connectivity index (χ2n) is 4.86. The Morgan fingerprint density at radius 3 is 3.05 bits per heavy atom. The van der Waals surface area contributed by atoms with Gasteiger partial charge in [0.05, 0.1) is 17.9 Å². The molecule has 0 aliphatic rings. The van der Waals surface area contributed by atoms with Gasteiger partial charge in [-0.2, -0.15) is 0 Å². The number of thiazole rings is 1. The average molecular weight is 298 g/mol. The summed E-state index contributed by atoms with van der Waals surface area (Å²) in [4.78, 5) is 9.72. The zero-order valence-electron chi connectivity index (χ0n) is 12.0. The fourth-order valence-corrected chi connectivity index (χ4v) is 2.96. The minimum absolute atomic E-state index is 0.826. The quantitative estimate of drug-likeness (QED) is 0.756. The lowest BCUT2D eigenvalue weighted by Gasteiger charge is -2.08. The van der Waals surface area contributed by atoms with Crippen LogP contribution in [0.25, 0.3) is 0 Å². The molecule has 0 aliphatic carbocycles. The van der Waals surface area contributed by atoms with Crippen LogP contribution in [0.1, 0.15) is 22.4 Å². The minimum atomic E-state index is 0.826. The van der Waals surface area contributed by atoms with Crippen LogP contribution in [0.15, 0.2) is 49.2 Å². The van der Waals surface area contributed by atoms with Crippen LogP contribution in [0.2, 0.25) is 0 Å². The molecule has 0 saturated carbocycles. The average Bonchev–Trinajstić information content (AvgIpc) is 3.17. The maximum atomic E-state index is 4.38. The Kier molecular flexibility index (Phi) is 4.31. The van der Waals surface area contributed by atoms with Crippen LogP contribution >= 0.6 is 11.3 Å². The molecule has 0 spiro atoms. The van der Waals surface area contributed by atoms with Gasteiger partial charge in [0, 0.05) is 35.7 Å². The van der Waals surface area contributed by atoms with Crippen LogP contribution in [0.3, 0.4) is 0 Å². The first-order chi connectivity index (χ1) is 10.3. The van der Waals surface area contributed by atoms with Crippen molar-refractivity contribution in [2.75, 3.05) is 5.32 Å². The van der Waals surface area contributed by atoms with Crippen LogP contribution < -0.4 is 5.32 Å². The van der Waals surface area contributed by atoms with Crippen molar-refractivity contribution < 1.29 is 0 Å². The molecule has 2 heterocycles. The second-order valence-corrected chi connectivity index (χ2v) is 6.06. The number of nitrogens with zero attached hydrogens (tertiary/aromatic N) is 3. The summed E-state index contributed by atoms with van der Waals surface area (Å²) in [5, 5.41) is 4.66. The summed E-state index contributed by atoms with van der Waals surface area (Å²) < 4.78 is 2.07. The summed E-state index contributed by atoms with van der Waals surface area (Å²) in [7, 11) is 0. The lowest BCUT2D eigenvalue weighted by molar-refractivity contribution is 0.797. The van der Waals surface area contributed by atoms with Crippen molar-refractivity contribution in [2.45, 2.75) is 26.4 Å². The Morgan fingerprint density at radius 1 is 1.33 bits per heavy atom. The smallest absolute Gasteiger partial charge is 0.0949 e. The first-order valence-corrected chi connectivity index (χ1v) is 7.87. The maximum absolute atomic E-state index is 4.38. The van der Waals surface area contributed by atoms with Crippen LogP contribution in [0.4, 0.5) is 5.69 Å². The van der Waals surface area contributed by atoms with Crippen LogP contribution in [-0.4, -0.2) is 14.5 Å². The number of hydrogen-bond acceptors (Lipinski definition) is 4. The minimum Gasteiger partial charge on any atom is -0.380 e. The van der Waals surface area contributed by atoms with Gasteiger partial charge in [-0.1, -0.05) is 19.1 Å². The highest BCUT2D eigenvalue weighted by atomic mass is 32.1. The van der Waals surface area contributed by atoms with E-state index in [0.717, 1.165) is 25.2 Å². The summed E-state index contributed by atoms with van der Waals surface area (Å²) in [6.07, 6.45) is 8.58. The number of aryl methyl sites for hydroxylation is 1. The predicted octanol–water partition coefficient (Wildman–Crippen LogP) is 3.56. The van der Waals surface area contributed by atoms with E-state index in [1.54, 1.807) is 17.5 Å². The van der Waals surface area contributed by atoms with Crippen molar-refractivity contribution in [1.29, 1.82) is 0 Å². The monoisotopic (exact) mass is 298 g/mol. The molecule has 2 aromatic heterocycles. The van der Waals surface area contributed by atoms with Crippen molar-refractivity contribution in [2.24, 2.45) is 0 Å². The van der Waals surface area contributed by atoms with E-state index in [2.05, 4.69) is 51.0 Å². The molecule has 0 unspecified atom stereocenters. The zero-order valence-corrected chi connectivity index (χ0v) is 12.8. The number of benzene rings is 1. The molecular formula is C16H18N4S.